The molecule has 0 saturated carbocycles. The quantitative estimate of drug-likeness (QED) is 0.0469. The molecule has 13 nitrogen and oxygen atoms in total. The van der Waals surface area contributed by atoms with Crippen molar-refractivity contribution in [2.75, 3.05) is 92.4 Å². The molecule has 0 aromatic rings. The van der Waals surface area contributed by atoms with Gasteiger partial charge in [0.15, 0.2) is 5.78 Å². The van der Waals surface area contributed by atoms with Crippen LogP contribution in [0.25, 0.3) is 0 Å². The molecule has 0 aromatic carbocycles. The minimum atomic E-state index is -0.981. The number of ketones is 1. The van der Waals surface area contributed by atoms with Gasteiger partial charge in [-0.15, -0.1) is 19.3 Å². The first-order chi connectivity index (χ1) is 21.8. The summed E-state index contributed by atoms with van der Waals surface area (Å²) in [4.78, 5) is 37.5. The van der Waals surface area contributed by atoms with Gasteiger partial charge in [0.2, 0.25) is 11.8 Å². The van der Waals surface area contributed by atoms with E-state index in [1.807, 2.05) is 0 Å². The van der Waals surface area contributed by atoms with Gasteiger partial charge in [-0.2, -0.15) is 0 Å². The Morgan fingerprint density at radius 1 is 0.578 bits per heavy atom. The predicted molar refractivity (Wildman–Crippen MR) is 169 cm³/mol. The van der Waals surface area contributed by atoms with Crippen LogP contribution < -0.4 is 16.4 Å². The second kappa shape index (κ2) is 29.4. The summed E-state index contributed by atoms with van der Waals surface area (Å²) < 4.78 is 31.4. The number of hydrogen-bond donors (Lipinski definition) is 4. The van der Waals surface area contributed by atoms with E-state index >= 15 is 0 Å². The number of amides is 2. The Balaban J connectivity index is 4.68. The van der Waals surface area contributed by atoms with Gasteiger partial charge in [-0.05, 0) is 19.3 Å². The lowest BCUT2D eigenvalue weighted by Gasteiger charge is -2.29. The van der Waals surface area contributed by atoms with Crippen LogP contribution in [0.5, 0.6) is 0 Å². The molecule has 0 aliphatic rings. The Morgan fingerprint density at radius 2 is 0.956 bits per heavy atom. The normalized spacial score (nSPS) is 10.8. The Hall–Kier alpha value is -3.32. The second-order valence-electron chi connectivity index (χ2n) is 9.82. The minimum Gasteiger partial charge on any atom is -0.379 e. The summed E-state index contributed by atoms with van der Waals surface area (Å²) in [5.74, 6) is 6.25. The van der Waals surface area contributed by atoms with E-state index in [0.29, 0.717) is 65.9 Å². The SMILES string of the molecule is C#CCOCCOCCNC(=O)CCC(N)(CCC(=O)NCCOCCOCC#C)CCC(=O)C(=N)CCOCCOCC#C. The smallest absolute Gasteiger partial charge is 0.220 e. The molecule has 0 rings (SSSR count). The number of nitrogens with one attached hydrogen (secondary N) is 3. The second-order valence-corrected chi connectivity index (χ2v) is 9.82. The number of nitrogens with two attached hydrogens (primary N) is 1. The minimum absolute atomic E-state index is 0.00895. The zero-order chi connectivity index (χ0) is 33.4. The van der Waals surface area contributed by atoms with Crippen molar-refractivity contribution in [2.45, 2.75) is 50.5 Å². The summed E-state index contributed by atoms with van der Waals surface area (Å²) in [7, 11) is 0. The maximum absolute atomic E-state index is 12.6. The molecule has 13 heteroatoms. The number of carbonyl (C=O) groups excluding carboxylic acids is 3. The zero-order valence-electron chi connectivity index (χ0n) is 26.3. The van der Waals surface area contributed by atoms with E-state index in [4.69, 9.17) is 58.8 Å². The highest BCUT2D eigenvalue weighted by Gasteiger charge is 2.28. The number of hydrogen-bond acceptors (Lipinski definition) is 11. The lowest BCUT2D eigenvalue weighted by atomic mass is 9.83. The summed E-state index contributed by atoms with van der Waals surface area (Å²) >= 11 is 0. The topological polar surface area (TPSA) is 181 Å². The maximum atomic E-state index is 12.6. The van der Waals surface area contributed by atoms with Crippen molar-refractivity contribution in [3.63, 3.8) is 0 Å². The fourth-order valence-corrected chi connectivity index (χ4v) is 3.68. The van der Waals surface area contributed by atoms with Crippen molar-refractivity contribution >= 4 is 23.3 Å². The highest BCUT2D eigenvalue weighted by molar-refractivity contribution is 6.38. The molecule has 0 heterocycles. The summed E-state index contributed by atoms with van der Waals surface area (Å²) in [6.45, 7) is 4.11. The third kappa shape index (κ3) is 26.8. The molecule has 252 valence electrons. The molecular formula is C32H50N4O9. The summed E-state index contributed by atoms with van der Waals surface area (Å²) in [5.41, 5.74) is 5.59. The van der Waals surface area contributed by atoms with E-state index in [1.165, 1.54) is 0 Å². The van der Waals surface area contributed by atoms with Crippen LogP contribution in [-0.4, -0.2) is 121 Å². The molecule has 2 amide bonds. The molecule has 0 saturated heterocycles. The molecule has 0 aromatic heterocycles. The fraction of sp³-hybridized carbons (Fsp3) is 0.688. The summed E-state index contributed by atoms with van der Waals surface area (Å²) in [5, 5.41) is 13.6. The summed E-state index contributed by atoms with van der Waals surface area (Å²) in [6, 6.07) is 0. The lowest BCUT2D eigenvalue weighted by Crippen LogP contribution is -2.43. The van der Waals surface area contributed by atoms with Crippen molar-refractivity contribution in [3.8, 4) is 37.0 Å². The number of terminal acetylenes is 3. The van der Waals surface area contributed by atoms with Crippen LogP contribution in [0.4, 0.5) is 0 Å². The van der Waals surface area contributed by atoms with Crippen LogP contribution in [0.1, 0.15) is 44.9 Å². The fourth-order valence-electron chi connectivity index (χ4n) is 3.68. The molecule has 0 aliphatic heterocycles. The number of carbonyl (C=O) groups is 3. The first-order valence-electron chi connectivity index (χ1n) is 15.0. The molecule has 0 bridgehead atoms. The van der Waals surface area contributed by atoms with E-state index in [-0.39, 0.29) is 94.7 Å². The molecule has 0 fully saturated rings. The summed E-state index contributed by atoms with van der Waals surface area (Å²) in [6.07, 6.45) is 16.4. The average Bonchev–Trinajstić information content (AvgIpc) is 3.03. The highest BCUT2D eigenvalue weighted by atomic mass is 16.5. The van der Waals surface area contributed by atoms with Crippen molar-refractivity contribution in [1.29, 1.82) is 5.41 Å². The average molecular weight is 635 g/mol. The van der Waals surface area contributed by atoms with Crippen molar-refractivity contribution in [2.24, 2.45) is 5.73 Å². The van der Waals surface area contributed by atoms with E-state index in [1.54, 1.807) is 0 Å². The molecule has 0 radical (unpaired) electrons. The van der Waals surface area contributed by atoms with E-state index in [9.17, 15) is 14.4 Å². The third-order valence-corrected chi connectivity index (χ3v) is 6.19. The van der Waals surface area contributed by atoms with Gasteiger partial charge in [-0.25, -0.2) is 0 Å². The van der Waals surface area contributed by atoms with Gasteiger partial charge in [0, 0.05) is 44.3 Å². The van der Waals surface area contributed by atoms with E-state index in [2.05, 4.69) is 28.4 Å². The molecule has 0 atom stereocenters. The van der Waals surface area contributed by atoms with Gasteiger partial charge in [0.25, 0.3) is 0 Å². The van der Waals surface area contributed by atoms with Gasteiger partial charge < -0.3 is 50.2 Å². The Bertz CT molecular complexity index is 923. The maximum Gasteiger partial charge on any atom is 0.220 e. The predicted octanol–water partition coefficient (Wildman–Crippen LogP) is 0.235. The van der Waals surface area contributed by atoms with Crippen LogP contribution in [0.3, 0.4) is 0 Å². The Labute approximate surface area is 267 Å². The zero-order valence-corrected chi connectivity index (χ0v) is 26.3. The first kappa shape index (κ1) is 41.7. The molecule has 45 heavy (non-hydrogen) atoms. The van der Waals surface area contributed by atoms with Crippen LogP contribution in [0, 0.1) is 42.4 Å². The molecular weight excluding hydrogens is 584 g/mol. The molecule has 5 N–H and O–H groups in total. The lowest BCUT2D eigenvalue weighted by molar-refractivity contribution is -0.121. The van der Waals surface area contributed by atoms with Gasteiger partial charge >= 0.3 is 0 Å². The number of rotatable bonds is 31. The Morgan fingerprint density at radius 3 is 1.38 bits per heavy atom. The van der Waals surface area contributed by atoms with Crippen molar-refractivity contribution < 1.29 is 42.8 Å². The third-order valence-electron chi connectivity index (χ3n) is 6.19. The standard InChI is InChI=1S/C32H50N4O9/c1-4-16-40-22-25-43-19-10-28(33)29(37)7-11-32(34,12-8-30(38)35-14-20-44-26-23-41-17-5-2)13-9-31(39)36-15-21-45-27-24-42-18-6-3/h1-3,33H,7-27,34H2,(H,35,38)(H,36,39). The van der Waals surface area contributed by atoms with Crippen LogP contribution in [0.15, 0.2) is 0 Å². The van der Waals surface area contributed by atoms with Crippen molar-refractivity contribution in [1.82, 2.24) is 10.6 Å². The highest BCUT2D eigenvalue weighted by Crippen LogP contribution is 2.23. The molecule has 0 spiro atoms. The van der Waals surface area contributed by atoms with Crippen molar-refractivity contribution in [3.05, 3.63) is 0 Å². The van der Waals surface area contributed by atoms with Crippen LogP contribution in [0.2, 0.25) is 0 Å². The van der Waals surface area contributed by atoms with Gasteiger partial charge in [-0.1, -0.05) is 17.8 Å². The number of ether oxygens (including phenoxy) is 6. The van der Waals surface area contributed by atoms with Crippen LogP contribution in [-0.2, 0) is 42.8 Å². The first-order valence-corrected chi connectivity index (χ1v) is 15.0. The molecule has 0 unspecified atom stereocenters. The largest absolute Gasteiger partial charge is 0.379 e. The van der Waals surface area contributed by atoms with E-state index < -0.39 is 5.54 Å². The van der Waals surface area contributed by atoms with E-state index in [0.717, 1.165) is 0 Å². The molecule has 0 aliphatic carbocycles. The van der Waals surface area contributed by atoms with Gasteiger partial charge in [0.1, 0.15) is 19.8 Å². The number of Topliss-reactive ketones (excluding diaryl/α,β-unsaturated/α-hetero) is 1. The Kier molecular flexibility index (Phi) is 27.2. The van der Waals surface area contributed by atoms with Gasteiger partial charge in [-0.3, -0.25) is 14.4 Å². The van der Waals surface area contributed by atoms with Gasteiger partial charge in [0.05, 0.1) is 65.2 Å². The monoisotopic (exact) mass is 634 g/mol. The van der Waals surface area contributed by atoms with Crippen LogP contribution >= 0.6 is 0 Å².